The summed E-state index contributed by atoms with van der Waals surface area (Å²) >= 11 is 5.29. The van der Waals surface area contributed by atoms with Gasteiger partial charge >= 0.3 is 17.9 Å². The molecule has 4 bridgehead atoms. The van der Waals surface area contributed by atoms with Gasteiger partial charge in [-0.1, -0.05) is 0 Å². The molecule has 2 aliphatic heterocycles. The Morgan fingerprint density at radius 3 is 2.81 bits per heavy atom. The van der Waals surface area contributed by atoms with Gasteiger partial charge in [0.1, 0.15) is 17.6 Å². The van der Waals surface area contributed by atoms with E-state index >= 15 is 0 Å². The summed E-state index contributed by atoms with van der Waals surface area (Å²) in [6.07, 6.45) is 3.31. The average molecular weight is 317 g/mol. The fourth-order valence-electron chi connectivity index (χ4n) is 3.95. The van der Waals surface area contributed by atoms with Gasteiger partial charge in [-0.15, -0.1) is 11.6 Å². The minimum absolute atomic E-state index is 0.165. The topological polar surface area (TPSA) is 78.9 Å². The summed E-state index contributed by atoms with van der Waals surface area (Å²) in [7, 11) is 0. The molecule has 6 nitrogen and oxygen atoms in total. The summed E-state index contributed by atoms with van der Waals surface area (Å²) < 4.78 is 15.7. The van der Waals surface area contributed by atoms with Crippen molar-refractivity contribution in [2.24, 2.45) is 11.8 Å². The Hall–Kier alpha value is -1.30. The molecule has 2 saturated carbocycles. The lowest BCUT2D eigenvalue weighted by atomic mass is 9.65. The van der Waals surface area contributed by atoms with Crippen LogP contribution in [-0.2, 0) is 28.6 Å². The van der Waals surface area contributed by atoms with Crippen LogP contribution in [-0.4, -0.2) is 42.1 Å². The van der Waals surface area contributed by atoms with Crippen LogP contribution in [0.3, 0.4) is 0 Å². The first-order valence-corrected chi connectivity index (χ1v) is 7.67. The number of halogens is 1. The van der Waals surface area contributed by atoms with E-state index in [-0.39, 0.29) is 23.9 Å². The number of hydrogen-bond donors (Lipinski definition) is 0. The maximum Gasteiger partial charge on any atom is 0.344 e. The molecular formula is C14H17ClO6. The van der Waals surface area contributed by atoms with Crippen LogP contribution in [0.5, 0.6) is 0 Å². The van der Waals surface area contributed by atoms with Gasteiger partial charge in [0.2, 0.25) is 0 Å². The summed E-state index contributed by atoms with van der Waals surface area (Å²) in [5.41, 5.74) is -0.646. The van der Waals surface area contributed by atoms with Crippen molar-refractivity contribution in [2.75, 3.05) is 12.5 Å². The highest BCUT2D eigenvalue weighted by Crippen LogP contribution is 2.51. The zero-order valence-corrected chi connectivity index (χ0v) is 12.3. The van der Waals surface area contributed by atoms with E-state index in [4.69, 9.17) is 21.1 Å². The maximum absolute atomic E-state index is 11.9. The number of carbonyl (C=O) groups excluding carboxylic acids is 3. The number of alkyl halides is 1. The fraction of sp³-hybridized carbons (Fsp3) is 0.786. The van der Waals surface area contributed by atoms with Gasteiger partial charge in [-0.2, -0.15) is 0 Å². The Kier molecular flexibility index (Phi) is 3.82. The molecule has 0 aromatic carbocycles. The monoisotopic (exact) mass is 316 g/mol. The second kappa shape index (κ2) is 5.48. The van der Waals surface area contributed by atoms with Crippen LogP contribution in [0.2, 0.25) is 0 Å². The third kappa shape index (κ3) is 3.00. The second-order valence-corrected chi connectivity index (χ2v) is 6.42. The molecule has 4 unspecified atom stereocenters. The molecule has 4 fully saturated rings. The SMILES string of the molecule is O=C(CCl)OCC(=O)OC12CC3CC(C1)OC(=O)C(C3)C2. The predicted octanol–water partition coefficient (Wildman–Crippen LogP) is 1.19. The molecular weight excluding hydrogens is 300 g/mol. The van der Waals surface area contributed by atoms with Crippen LogP contribution in [0.15, 0.2) is 0 Å². The normalized spacial score (nSPS) is 36.8. The molecule has 21 heavy (non-hydrogen) atoms. The van der Waals surface area contributed by atoms with E-state index in [9.17, 15) is 14.4 Å². The Bertz CT molecular complexity index is 478. The van der Waals surface area contributed by atoms with E-state index in [2.05, 4.69) is 4.74 Å². The molecule has 116 valence electrons. The quantitative estimate of drug-likeness (QED) is 0.440. The van der Waals surface area contributed by atoms with Crippen LogP contribution >= 0.6 is 11.6 Å². The highest BCUT2D eigenvalue weighted by molar-refractivity contribution is 6.26. The number of rotatable bonds is 4. The third-order valence-electron chi connectivity index (χ3n) is 4.50. The van der Waals surface area contributed by atoms with E-state index in [1.54, 1.807) is 0 Å². The molecule has 0 amide bonds. The van der Waals surface area contributed by atoms with E-state index < -0.39 is 24.1 Å². The molecule has 2 heterocycles. The van der Waals surface area contributed by atoms with Crippen molar-refractivity contribution >= 4 is 29.5 Å². The molecule has 2 aliphatic carbocycles. The van der Waals surface area contributed by atoms with Crippen molar-refractivity contribution in [1.82, 2.24) is 0 Å². The molecule has 7 heteroatoms. The predicted molar refractivity (Wildman–Crippen MR) is 70.4 cm³/mol. The molecule has 0 aromatic rings. The zero-order valence-electron chi connectivity index (χ0n) is 11.5. The van der Waals surface area contributed by atoms with Gasteiger partial charge in [0, 0.05) is 12.8 Å². The number of fused-ring (bicyclic) bond motifs is 1. The van der Waals surface area contributed by atoms with Gasteiger partial charge in [0.05, 0.1) is 5.92 Å². The molecule has 4 aliphatic rings. The second-order valence-electron chi connectivity index (χ2n) is 6.16. The van der Waals surface area contributed by atoms with Crippen LogP contribution in [0.25, 0.3) is 0 Å². The van der Waals surface area contributed by atoms with Crippen LogP contribution in [0, 0.1) is 11.8 Å². The van der Waals surface area contributed by atoms with Crippen molar-refractivity contribution in [1.29, 1.82) is 0 Å². The van der Waals surface area contributed by atoms with E-state index in [0.29, 0.717) is 18.8 Å². The zero-order chi connectivity index (χ0) is 15.0. The average Bonchev–Trinajstić information content (AvgIpc) is 2.58. The van der Waals surface area contributed by atoms with Crippen LogP contribution in [0.4, 0.5) is 0 Å². The number of carbonyl (C=O) groups is 3. The molecule has 0 aromatic heterocycles. The number of esters is 3. The van der Waals surface area contributed by atoms with Crippen molar-refractivity contribution in [3.8, 4) is 0 Å². The molecule has 2 saturated heterocycles. The van der Waals surface area contributed by atoms with Crippen molar-refractivity contribution < 1.29 is 28.6 Å². The highest BCUT2D eigenvalue weighted by atomic mass is 35.5. The molecule has 4 atom stereocenters. The Morgan fingerprint density at radius 2 is 2.05 bits per heavy atom. The summed E-state index contributed by atoms with van der Waals surface area (Å²) in [4.78, 5) is 34.7. The number of hydrogen-bond acceptors (Lipinski definition) is 6. The van der Waals surface area contributed by atoms with Crippen LogP contribution in [0.1, 0.15) is 32.1 Å². The van der Waals surface area contributed by atoms with Crippen LogP contribution < -0.4 is 0 Å². The molecule has 0 radical (unpaired) electrons. The maximum atomic E-state index is 11.9. The van der Waals surface area contributed by atoms with E-state index in [0.717, 1.165) is 19.3 Å². The summed E-state index contributed by atoms with van der Waals surface area (Å²) in [5.74, 6) is -1.56. The van der Waals surface area contributed by atoms with Gasteiger partial charge < -0.3 is 14.2 Å². The minimum atomic E-state index is -0.658. The Morgan fingerprint density at radius 1 is 1.24 bits per heavy atom. The minimum Gasteiger partial charge on any atom is -0.462 e. The van der Waals surface area contributed by atoms with Gasteiger partial charge in [-0.3, -0.25) is 9.59 Å². The molecule has 4 rings (SSSR count). The largest absolute Gasteiger partial charge is 0.462 e. The van der Waals surface area contributed by atoms with Crippen molar-refractivity contribution in [2.45, 2.75) is 43.8 Å². The summed E-state index contributed by atoms with van der Waals surface area (Å²) in [6, 6.07) is 0. The first kappa shape index (κ1) is 14.6. The van der Waals surface area contributed by atoms with E-state index in [1.807, 2.05) is 0 Å². The summed E-state index contributed by atoms with van der Waals surface area (Å²) in [6.45, 7) is -0.442. The molecule has 0 N–H and O–H groups in total. The highest BCUT2D eigenvalue weighted by Gasteiger charge is 2.54. The standard InChI is InChI=1S/C14H17ClO6/c15-6-11(16)19-7-12(17)21-14-3-8-1-9(4-14)13(18)20-10(2-8)5-14/h8-10H,1-7H2. The number of ether oxygens (including phenoxy) is 3. The van der Waals surface area contributed by atoms with Crippen molar-refractivity contribution in [3.63, 3.8) is 0 Å². The van der Waals surface area contributed by atoms with E-state index in [1.165, 1.54) is 0 Å². The lowest BCUT2D eigenvalue weighted by Gasteiger charge is -2.45. The Labute approximate surface area is 127 Å². The van der Waals surface area contributed by atoms with Gasteiger partial charge in [-0.05, 0) is 25.2 Å². The van der Waals surface area contributed by atoms with Gasteiger partial charge in [-0.25, -0.2) is 4.79 Å². The summed E-state index contributed by atoms with van der Waals surface area (Å²) in [5, 5.41) is 0. The van der Waals surface area contributed by atoms with Crippen molar-refractivity contribution in [3.05, 3.63) is 0 Å². The smallest absolute Gasteiger partial charge is 0.344 e. The lowest BCUT2D eigenvalue weighted by Crippen LogP contribution is -2.48. The van der Waals surface area contributed by atoms with Gasteiger partial charge in [0.15, 0.2) is 6.61 Å². The first-order valence-electron chi connectivity index (χ1n) is 7.13. The third-order valence-corrected chi connectivity index (χ3v) is 4.72. The first-order chi connectivity index (χ1) is 9.99. The molecule has 0 spiro atoms. The fourth-order valence-corrected chi connectivity index (χ4v) is 4.02. The lowest BCUT2D eigenvalue weighted by molar-refractivity contribution is -0.181. The Balaban J connectivity index is 1.66. The van der Waals surface area contributed by atoms with Gasteiger partial charge in [0.25, 0.3) is 0 Å².